The fourth-order valence-corrected chi connectivity index (χ4v) is 4.23. The highest BCUT2D eigenvalue weighted by atomic mass is 16.6. The second kappa shape index (κ2) is 6.98. The summed E-state index contributed by atoms with van der Waals surface area (Å²) >= 11 is 0. The number of likely N-dealkylation sites (tertiary alicyclic amines) is 1. The molecule has 2 unspecified atom stereocenters. The van der Waals surface area contributed by atoms with Gasteiger partial charge in [-0.2, -0.15) is 0 Å². The summed E-state index contributed by atoms with van der Waals surface area (Å²) in [6.45, 7) is 11.2. The van der Waals surface area contributed by atoms with E-state index in [1.54, 1.807) is 0 Å². The first-order chi connectivity index (χ1) is 10.9. The van der Waals surface area contributed by atoms with Crippen LogP contribution in [0.25, 0.3) is 0 Å². The molecule has 5 heteroatoms. The number of hydrogen-bond donors (Lipinski definition) is 1. The van der Waals surface area contributed by atoms with E-state index >= 15 is 0 Å². The fourth-order valence-electron chi connectivity index (χ4n) is 4.23. The number of hydrogen-bond acceptors (Lipinski definition) is 4. The number of nitrogens with zero attached hydrogens (tertiary/aromatic N) is 2. The molecule has 0 aromatic rings. The Morgan fingerprint density at radius 3 is 2.39 bits per heavy atom. The zero-order chi connectivity index (χ0) is 16.4. The van der Waals surface area contributed by atoms with Gasteiger partial charge in [0.05, 0.1) is 0 Å². The normalized spacial score (nSPS) is 35.0. The maximum atomic E-state index is 12.4. The minimum absolute atomic E-state index is 0.153. The van der Waals surface area contributed by atoms with Crippen LogP contribution in [0.15, 0.2) is 0 Å². The number of carbonyl (C=O) groups is 1. The molecule has 4 aliphatic heterocycles. The highest BCUT2D eigenvalue weighted by Gasteiger charge is 2.36. The number of ether oxygens (including phenoxy) is 1. The van der Waals surface area contributed by atoms with Gasteiger partial charge in [0.2, 0.25) is 0 Å². The largest absolute Gasteiger partial charge is 0.444 e. The maximum Gasteiger partial charge on any atom is 0.410 e. The smallest absolute Gasteiger partial charge is 0.410 e. The molecule has 23 heavy (non-hydrogen) atoms. The van der Waals surface area contributed by atoms with Crippen molar-refractivity contribution < 1.29 is 9.53 Å². The van der Waals surface area contributed by atoms with Gasteiger partial charge in [-0.05, 0) is 65.5 Å². The van der Waals surface area contributed by atoms with E-state index < -0.39 is 5.60 Å². The van der Waals surface area contributed by atoms with E-state index in [-0.39, 0.29) is 6.09 Å². The Kier molecular flexibility index (Phi) is 5.16. The Hall–Kier alpha value is -0.810. The predicted molar refractivity (Wildman–Crippen MR) is 91.5 cm³/mol. The summed E-state index contributed by atoms with van der Waals surface area (Å²) in [5.74, 6) is 0.832. The lowest BCUT2D eigenvalue weighted by Crippen LogP contribution is -2.59. The molecule has 0 spiro atoms. The van der Waals surface area contributed by atoms with Crippen LogP contribution in [0.5, 0.6) is 0 Å². The van der Waals surface area contributed by atoms with Gasteiger partial charge in [0.1, 0.15) is 5.60 Å². The number of nitrogens with one attached hydrogen (secondary N) is 1. The molecule has 4 rings (SSSR count). The molecule has 4 saturated heterocycles. The fraction of sp³-hybridized carbons (Fsp3) is 0.944. The zero-order valence-corrected chi connectivity index (χ0v) is 15.0. The van der Waals surface area contributed by atoms with E-state index in [0.29, 0.717) is 12.1 Å². The minimum atomic E-state index is -0.415. The number of carbonyl (C=O) groups excluding carboxylic acids is 1. The van der Waals surface area contributed by atoms with Crippen molar-refractivity contribution in [2.24, 2.45) is 5.92 Å². The highest BCUT2D eigenvalue weighted by molar-refractivity contribution is 5.68. The molecule has 4 fully saturated rings. The van der Waals surface area contributed by atoms with Gasteiger partial charge in [0.25, 0.3) is 0 Å². The third-order valence-electron chi connectivity index (χ3n) is 5.43. The summed E-state index contributed by atoms with van der Waals surface area (Å²) in [6, 6.07) is 1.02. The van der Waals surface area contributed by atoms with Crippen molar-refractivity contribution in [1.82, 2.24) is 15.1 Å². The summed E-state index contributed by atoms with van der Waals surface area (Å²) in [5.41, 5.74) is -0.415. The number of piperidine rings is 3. The van der Waals surface area contributed by atoms with Crippen molar-refractivity contribution in [3.8, 4) is 0 Å². The number of amides is 1. The predicted octanol–water partition coefficient (Wildman–Crippen LogP) is 2.46. The third kappa shape index (κ3) is 4.60. The van der Waals surface area contributed by atoms with E-state index in [1.807, 2.05) is 25.7 Å². The summed E-state index contributed by atoms with van der Waals surface area (Å²) in [7, 11) is 0. The van der Waals surface area contributed by atoms with E-state index in [2.05, 4.69) is 10.2 Å². The van der Waals surface area contributed by atoms with Gasteiger partial charge >= 0.3 is 6.09 Å². The number of fused-ring (bicyclic) bond motifs is 3. The van der Waals surface area contributed by atoms with Crippen LogP contribution >= 0.6 is 0 Å². The van der Waals surface area contributed by atoms with Crippen molar-refractivity contribution in [1.29, 1.82) is 0 Å². The van der Waals surface area contributed by atoms with Crippen molar-refractivity contribution >= 4 is 6.09 Å². The summed E-state index contributed by atoms with van der Waals surface area (Å²) in [5, 5.41) is 3.89. The van der Waals surface area contributed by atoms with Gasteiger partial charge in [-0.1, -0.05) is 6.42 Å². The minimum Gasteiger partial charge on any atom is -0.444 e. The molecule has 5 nitrogen and oxygen atoms in total. The van der Waals surface area contributed by atoms with Crippen LogP contribution in [0.4, 0.5) is 4.79 Å². The first-order valence-corrected chi connectivity index (χ1v) is 9.37. The van der Waals surface area contributed by atoms with Gasteiger partial charge in [-0.15, -0.1) is 0 Å². The van der Waals surface area contributed by atoms with Gasteiger partial charge in [0, 0.05) is 31.7 Å². The third-order valence-corrected chi connectivity index (χ3v) is 5.43. The Morgan fingerprint density at radius 2 is 1.78 bits per heavy atom. The Bertz CT molecular complexity index is 413. The lowest BCUT2D eigenvalue weighted by molar-refractivity contribution is 0.0223. The summed E-state index contributed by atoms with van der Waals surface area (Å²) in [6.07, 6.45) is 5.96. The molecule has 132 valence electrons. The van der Waals surface area contributed by atoms with Gasteiger partial charge < -0.3 is 19.9 Å². The van der Waals surface area contributed by atoms with Crippen LogP contribution in [0.2, 0.25) is 0 Å². The second-order valence-electron chi connectivity index (χ2n) is 8.53. The van der Waals surface area contributed by atoms with E-state index in [9.17, 15) is 4.79 Å². The molecular formula is C18H33N3O2. The van der Waals surface area contributed by atoms with Gasteiger partial charge in [0.15, 0.2) is 0 Å². The van der Waals surface area contributed by atoms with Crippen LogP contribution in [-0.4, -0.2) is 66.3 Å². The van der Waals surface area contributed by atoms with Gasteiger partial charge in [-0.3, -0.25) is 0 Å². The maximum absolute atomic E-state index is 12.4. The van der Waals surface area contributed by atoms with Crippen molar-refractivity contribution in [3.05, 3.63) is 0 Å². The first kappa shape index (κ1) is 17.0. The summed E-state index contributed by atoms with van der Waals surface area (Å²) in [4.78, 5) is 16.9. The van der Waals surface area contributed by atoms with Crippen LogP contribution in [-0.2, 0) is 4.74 Å². The molecule has 0 radical (unpaired) electrons. The van der Waals surface area contributed by atoms with Crippen LogP contribution < -0.4 is 5.32 Å². The molecule has 4 aliphatic rings. The molecular weight excluding hydrogens is 290 g/mol. The lowest BCUT2D eigenvalue weighted by Gasteiger charge is -2.46. The Labute approximate surface area is 140 Å². The average Bonchev–Trinajstić information content (AvgIpc) is 2.72. The average molecular weight is 323 g/mol. The standard InChI is InChI=1S/C18H33N3O2/c1-18(2,3)23-17(22)21-9-5-4-6-15(12-21)19-16-13-20-10-7-14(16)8-11-20/h14-16,19H,4-13H2,1-3H3. The molecule has 0 aromatic heterocycles. The molecule has 2 bridgehead atoms. The monoisotopic (exact) mass is 323 g/mol. The van der Waals surface area contributed by atoms with Crippen LogP contribution in [0, 0.1) is 5.92 Å². The van der Waals surface area contributed by atoms with Gasteiger partial charge in [-0.25, -0.2) is 4.79 Å². The molecule has 4 heterocycles. The summed E-state index contributed by atoms with van der Waals surface area (Å²) < 4.78 is 5.57. The molecule has 1 N–H and O–H groups in total. The molecule has 2 atom stereocenters. The molecule has 0 aromatic carbocycles. The molecule has 0 saturated carbocycles. The molecule has 0 aliphatic carbocycles. The highest BCUT2D eigenvalue weighted by Crippen LogP contribution is 2.28. The topological polar surface area (TPSA) is 44.8 Å². The first-order valence-electron chi connectivity index (χ1n) is 9.37. The Balaban J connectivity index is 1.56. The quantitative estimate of drug-likeness (QED) is 0.848. The molecule has 1 amide bonds. The van der Waals surface area contributed by atoms with E-state index in [4.69, 9.17) is 4.74 Å². The van der Waals surface area contributed by atoms with Crippen molar-refractivity contribution in [3.63, 3.8) is 0 Å². The van der Waals surface area contributed by atoms with Crippen LogP contribution in [0.1, 0.15) is 52.9 Å². The lowest BCUT2D eigenvalue weighted by atomic mass is 9.83. The zero-order valence-electron chi connectivity index (χ0n) is 15.0. The Morgan fingerprint density at radius 1 is 1.04 bits per heavy atom. The number of rotatable bonds is 2. The van der Waals surface area contributed by atoms with Crippen molar-refractivity contribution in [2.75, 3.05) is 32.7 Å². The van der Waals surface area contributed by atoms with E-state index in [0.717, 1.165) is 25.4 Å². The second-order valence-corrected chi connectivity index (χ2v) is 8.53. The van der Waals surface area contributed by atoms with Crippen LogP contribution in [0.3, 0.4) is 0 Å². The SMILES string of the molecule is CC(C)(C)OC(=O)N1CCCCC(NC2CN3CCC2CC3)C1. The van der Waals surface area contributed by atoms with E-state index in [1.165, 1.54) is 45.3 Å². The van der Waals surface area contributed by atoms with Crippen molar-refractivity contribution in [2.45, 2.75) is 70.6 Å².